The molecule has 1 aliphatic rings. The van der Waals surface area contributed by atoms with E-state index in [0.29, 0.717) is 5.71 Å². The Morgan fingerprint density at radius 3 is 2.00 bits per heavy atom. The Labute approximate surface area is 218 Å². The largest absolute Gasteiger partial charge is 0.365 e. The van der Waals surface area contributed by atoms with Gasteiger partial charge < -0.3 is 18.9 Å². The van der Waals surface area contributed by atoms with Crippen LogP contribution in [0, 0.1) is 6.92 Å². The Kier molecular flexibility index (Phi) is 9.07. The monoisotopic (exact) mass is 524 g/mol. The first-order chi connectivity index (χ1) is 17.9. The van der Waals surface area contributed by atoms with E-state index in [0.717, 1.165) is 16.7 Å². The summed E-state index contributed by atoms with van der Waals surface area (Å²) in [6.45, 7) is 4.22. The SMILES string of the molecule is CO[C@H]1O[C@H](C)/C(=N\NS(=O)(=O)c2ccc(C)cc2)[C@H](OCc2ccccc2)[C@H]1OCc1ccccc1. The van der Waals surface area contributed by atoms with Gasteiger partial charge in [0.1, 0.15) is 18.3 Å². The molecule has 0 radical (unpaired) electrons. The van der Waals surface area contributed by atoms with Crippen molar-refractivity contribution in [3.63, 3.8) is 0 Å². The molecular weight excluding hydrogens is 492 g/mol. The molecular formula is C28H32N2O6S. The highest BCUT2D eigenvalue weighted by molar-refractivity contribution is 7.89. The summed E-state index contributed by atoms with van der Waals surface area (Å²) in [4.78, 5) is 2.47. The maximum atomic E-state index is 12.9. The van der Waals surface area contributed by atoms with Crippen LogP contribution >= 0.6 is 0 Å². The van der Waals surface area contributed by atoms with Gasteiger partial charge in [0.15, 0.2) is 6.29 Å². The molecule has 0 aromatic heterocycles. The second-order valence-corrected chi connectivity index (χ2v) is 10.5. The number of rotatable bonds is 10. The number of ether oxygens (including phenoxy) is 4. The second kappa shape index (κ2) is 12.4. The average molecular weight is 525 g/mol. The van der Waals surface area contributed by atoms with Crippen LogP contribution in [0.15, 0.2) is 94.9 Å². The van der Waals surface area contributed by atoms with Crippen LogP contribution in [0.3, 0.4) is 0 Å². The predicted octanol–water partition coefficient (Wildman–Crippen LogP) is 4.19. The van der Waals surface area contributed by atoms with Gasteiger partial charge >= 0.3 is 0 Å². The number of hydrogen-bond acceptors (Lipinski definition) is 7. The van der Waals surface area contributed by atoms with Gasteiger partial charge in [0.25, 0.3) is 10.0 Å². The number of nitrogens with zero attached hydrogens (tertiary/aromatic N) is 1. The number of aryl methyl sites for hydroxylation is 1. The first kappa shape index (κ1) is 27.0. The van der Waals surface area contributed by atoms with E-state index in [2.05, 4.69) is 9.93 Å². The fraction of sp³-hybridized carbons (Fsp3) is 0.321. The van der Waals surface area contributed by atoms with E-state index < -0.39 is 34.6 Å². The number of benzene rings is 3. The lowest BCUT2D eigenvalue weighted by Crippen LogP contribution is -2.57. The molecule has 37 heavy (non-hydrogen) atoms. The Hall–Kier alpha value is -3.08. The zero-order chi connectivity index (χ0) is 26.3. The lowest BCUT2D eigenvalue weighted by atomic mass is 10.00. The molecule has 3 aromatic carbocycles. The van der Waals surface area contributed by atoms with E-state index in [4.69, 9.17) is 18.9 Å². The Morgan fingerprint density at radius 1 is 0.865 bits per heavy atom. The summed E-state index contributed by atoms with van der Waals surface area (Å²) in [5.41, 5.74) is 3.24. The van der Waals surface area contributed by atoms with Crippen molar-refractivity contribution >= 4 is 15.7 Å². The smallest absolute Gasteiger partial charge is 0.276 e. The van der Waals surface area contributed by atoms with Crippen molar-refractivity contribution in [2.24, 2.45) is 5.10 Å². The Bertz CT molecular complexity index is 1270. The summed E-state index contributed by atoms with van der Waals surface area (Å²) in [5, 5.41) is 4.30. The molecule has 0 spiro atoms. The number of sulfonamides is 1. The molecule has 196 valence electrons. The third-order valence-electron chi connectivity index (χ3n) is 6.03. The molecule has 9 heteroatoms. The number of methoxy groups -OCH3 is 1. The van der Waals surface area contributed by atoms with Crippen LogP contribution in [0.2, 0.25) is 0 Å². The van der Waals surface area contributed by atoms with Crippen molar-refractivity contribution in [3.8, 4) is 0 Å². The maximum Gasteiger partial charge on any atom is 0.276 e. The summed E-state index contributed by atoms with van der Waals surface area (Å²) in [7, 11) is -2.37. The van der Waals surface area contributed by atoms with Crippen LogP contribution < -0.4 is 4.83 Å². The van der Waals surface area contributed by atoms with Crippen molar-refractivity contribution in [1.29, 1.82) is 0 Å². The molecule has 0 saturated carbocycles. The lowest BCUT2D eigenvalue weighted by molar-refractivity contribution is -0.242. The molecule has 4 rings (SSSR count). The first-order valence-electron chi connectivity index (χ1n) is 12.0. The summed E-state index contributed by atoms with van der Waals surface area (Å²) < 4.78 is 50.1. The topological polar surface area (TPSA) is 95.5 Å². The van der Waals surface area contributed by atoms with E-state index in [1.165, 1.54) is 19.2 Å². The third-order valence-corrected chi connectivity index (χ3v) is 7.25. The molecule has 0 aliphatic carbocycles. The average Bonchev–Trinajstić information content (AvgIpc) is 2.91. The van der Waals surface area contributed by atoms with Crippen molar-refractivity contribution in [2.75, 3.05) is 7.11 Å². The summed E-state index contributed by atoms with van der Waals surface area (Å²) in [5.74, 6) is 0. The number of hydrogen-bond donors (Lipinski definition) is 1. The van der Waals surface area contributed by atoms with Crippen LogP contribution in [-0.2, 0) is 42.2 Å². The van der Waals surface area contributed by atoms with Crippen LogP contribution in [0.5, 0.6) is 0 Å². The maximum absolute atomic E-state index is 12.9. The van der Waals surface area contributed by atoms with E-state index in [1.807, 2.05) is 67.6 Å². The number of hydrazone groups is 1. The van der Waals surface area contributed by atoms with E-state index >= 15 is 0 Å². The summed E-state index contributed by atoms with van der Waals surface area (Å²) >= 11 is 0. The van der Waals surface area contributed by atoms with Crippen LogP contribution in [-0.4, -0.2) is 45.8 Å². The van der Waals surface area contributed by atoms with Gasteiger partial charge in [-0.1, -0.05) is 78.4 Å². The highest BCUT2D eigenvalue weighted by Crippen LogP contribution is 2.26. The second-order valence-electron chi connectivity index (χ2n) is 8.81. The molecule has 1 saturated heterocycles. The van der Waals surface area contributed by atoms with Gasteiger partial charge in [-0.15, -0.1) is 0 Å². The lowest BCUT2D eigenvalue weighted by Gasteiger charge is -2.40. The quantitative estimate of drug-likeness (QED) is 0.400. The van der Waals surface area contributed by atoms with Crippen LogP contribution in [0.1, 0.15) is 23.6 Å². The Balaban J connectivity index is 1.62. The van der Waals surface area contributed by atoms with E-state index in [1.54, 1.807) is 19.1 Å². The molecule has 4 atom stereocenters. The molecule has 0 unspecified atom stereocenters. The summed E-state index contributed by atoms with van der Waals surface area (Å²) in [6.07, 6.45) is -2.78. The van der Waals surface area contributed by atoms with Crippen molar-refractivity contribution < 1.29 is 27.4 Å². The minimum Gasteiger partial charge on any atom is -0.365 e. The van der Waals surface area contributed by atoms with Crippen molar-refractivity contribution in [1.82, 2.24) is 4.83 Å². The van der Waals surface area contributed by atoms with Crippen molar-refractivity contribution in [3.05, 3.63) is 102 Å². The van der Waals surface area contributed by atoms with Gasteiger partial charge in [-0.3, -0.25) is 0 Å². The van der Waals surface area contributed by atoms with Gasteiger partial charge in [0.05, 0.1) is 23.8 Å². The molecule has 0 amide bonds. The molecule has 1 N–H and O–H groups in total. The summed E-state index contributed by atoms with van der Waals surface area (Å²) in [6, 6.07) is 25.9. The first-order valence-corrected chi connectivity index (χ1v) is 13.5. The van der Waals surface area contributed by atoms with Gasteiger partial charge in [-0.05, 0) is 37.1 Å². The van der Waals surface area contributed by atoms with Gasteiger partial charge in [0.2, 0.25) is 0 Å². The third kappa shape index (κ3) is 7.03. The fourth-order valence-corrected chi connectivity index (χ4v) is 4.82. The molecule has 1 fully saturated rings. The predicted molar refractivity (Wildman–Crippen MR) is 140 cm³/mol. The Morgan fingerprint density at radius 2 is 1.43 bits per heavy atom. The molecule has 8 nitrogen and oxygen atoms in total. The van der Waals surface area contributed by atoms with Crippen LogP contribution in [0.25, 0.3) is 0 Å². The van der Waals surface area contributed by atoms with Gasteiger partial charge in [0, 0.05) is 7.11 Å². The number of nitrogens with one attached hydrogen (secondary N) is 1. The van der Waals surface area contributed by atoms with Crippen LogP contribution in [0.4, 0.5) is 0 Å². The molecule has 0 bridgehead atoms. The minimum atomic E-state index is -3.90. The standard InChI is InChI=1S/C28H32N2O6S/c1-20-14-16-24(17-15-20)37(31,32)30-29-25-21(2)36-28(33-3)27(35-19-23-12-8-5-9-13-23)26(25)34-18-22-10-6-4-7-11-22/h4-17,21,26-28,30H,18-19H2,1-3H3/b29-25+/t21-,26+,27-,28+/m1/s1. The van der Waals surface area contributed by atoms with Gasteiger partial charge in [-0.25, -0.2) is 0 Å². The highest BCUT2D eigenvalue weighted by atomic mass is 32.2. The molecule has 3 aromatic rings. The van der Waals surface area contributed by atoms with E-state index in [9.17, 15) is 8.42 Å². The zero-order valence-corrected chi connectivity index (χ0v) is 21.9. The zero-order valence-electron chi connectivity index (χ0n) is 21.1. The highest BCUT2D eigenvalue weighted by Gasteiger charge is 2.44. The van der Waals surface area contributed by atoms with E-state index in [-0.39, 0.29) is 18.1 Å². The minimum absolute atomic E-state index is 0.111. The van der Waals surface area contributed by atoms with Gasteiger partial charge in [-0.2, -0.15) is 18.4 Å². The molecule has 1 heterocycles. The fourth-order valence-electron chi connectivity index (χ4n) is 3.99. The molecule has 1 aliphatic heterocycles. The van der Waals surface area contributed by atoms with Crippen molar-refractivity contribution in [2.45, 2.75) is 56.6 Å². The normalized spacial score (nSPS) is 23.2.